The summed E-state index contributed by atoms with van der Waals surface area (Å²) in [6.45, 7) is 4.01. The van der Waals surface area contributed by atoms with E-state index in [-0.39, 0.29) is 0 Å². The Kier molecular flexibility index (Phi) is 2.78. The first kappa shape index (κ1) is 13.2. The minimum atomic E-state index is 0.526. The molecule has 0 radical (unpaired) electrons. The van der Waals surface area contributed by atoms with Gasteiger partial charge >= 0.3 is 0 Å². The lowest BCUT2D eigenvalue weighted by Crippen LogP contribution is -2.69. The van der Waals surface area contributed by atoms with Crippen molar-refractivity contribution in [1.29, 1.82) is 0 Å². The van der Waals surface area contributed by atoms with Crippen molar-refractivity contribution < 1.29 is 0 Å². The molecule has 2 atom stereocenters. The molecule has 0 amide bonds. The van der Waals surface area contributed by atoms with Crippen molar-refractivity contribution in [1.82, 2.24) is 19.9 Å². The minimum Gasteiger partial charge on any atom is -0.352 e. The van der Waals surface area contributed by atoms with E-state index in [2.05, 4.69) is 30.8 Å². The van der Waals surface area contributed by atoms with E-state index in [0.29, 0.717) is 12.1 Å². The quantitative estimate of drug-likeness (QED) is 0.721. The van der Waals surface area contributed by atoms with Crippen molar-refractivity contribution >= 4 is 32.5 Å². The number of aromatic nitrogens is 4. The largest absolute Gasteiger partial charge is 0.352 e. The first-order valence-electron chi connectivity index (χ1n) is 7.80. The zero-order valence-electron chi connectivity index (χ0n) is 12.8. The van der Waals surface area contributed by atoms with Crippen LogP contribution in [0, 0.1) is 6.92 Å². The molecule has 2 unspecified atom stereocenters. The molecule has 116 valence electrons. The third kappa shape index (κ3) is 2.07. The fourth-order valence-corrected chi connectivity index (χ4v) is 4.68. The van der Waals surface area contributed by atoms with Gasteiger partial charge in [0.1, 0.15) is 17.7 Å². The van der Waals surface area contributed by atoms with E-state index in [9.17, 15) is 0 Å². The fraction of sp³-hybridized carbons (Fsp3) is 0.375. The lowest BCUT2D eigenvalue weighted by molar-refractivity contribution is 0.290. The maximum Gasteiger partial charge on any atom is 0.187 e. The molecule has 7 heteroatoms. The third-order valence-corrected chi connectivity index (χ3v) is 5.76. The van der Waals surface area contributed by atoms with E-state index >= 15 is 0 Å². The van der Waals surface area contributed by atoms with Crippen LogP contribution in [0.25, 0.3) is 10.2 Å². The van der Waals surface area contributed by atoms with Crippen molar-refractivity contribution in [2.75, 3.05) is 22.9 Å². The highest BCUT2D eigenvalue weighted by Gasteiger charge is 2.46. The van der Waals surface area contributed by atoms with Crippen molar-refractivity contribution in [2.24, 2.45) is 0 Å². The van der Waals surface area contributed by atoms with Crippen LogP contribution in [-0.2, 0) is 0 Å². The maximum absolute atomic E-state index is 4.77. The summed E-state index contributed by atoms with van der Waals surface area (Å²) in [5.74, 6) is 1.04. The first-order valence-corrected chi connectivity index (χ1v) is 8.62. The first-order chi connectivity index (χ1) is 11.3. The molecule has 0 N–H and O–H groups in total. The van der Waals surface area contributed by atoms with Crippen LogP contribution in [0.4, 0.5) is 10.9 Å². The molecule has 3 saturated heterocycles. The highest BCUT2D eigenvalue weighted by atomic mass is 32.1. The van der Waals surface area contributed by atoms with Gasteiger partial charge in [-0.2, -0.15) is 0 Å². The second-order valence-electron chi connectivity index (χ2n) is 6.21. The number of rotatable bonds is 2. The summed E-state index contributed by atoms with van der Waals surface area (Å²) in [5.41, 5.74) is 2.02. The number of piperidine rings is 1. The SMILES string of the molecule is Cc1cc(N2CC3CC(C2)N3c2nc3cnccc3s2)ncn1. The Hall–Kier alpha value is -2.28. The van der Waals surface area contributed by atoms with Gasteiger partial charge in [-0.15, -0.1) is 0 Å². The Labute approximate surface area is 137 Å². The van der Waals surface area contributed by atoms with E-state index in [1.165, 1.54) is 11.1 Å². The molecule has 3 aliphatic heterocycles. The number of hydrogen-bond donors (Lipinski definition) is 0. The van der Waals surface area contributed by atoms with Gasteiger partial charge in [0.2, 0.25) is 0 Å². The summed E-state index contributed by atoms with van der Waals surface area (Å²) in [6.07, 6.45) is 6.58. The molecule has 3 fully saturated rings. The second kappa shape index (κ2) is 4.86. The molecule has 23 heavy (non-hydrogen) atoms. The average molecular weight is 324 g/mol. The molecule has 3 aromatic rings. The molecular weight excluding hydrogens is 308 g/mol. The highest BCUT2D eigenvalue weighted by Crippen LogP contribution is 2.41. The molecule has 6 heterocycles. The number of thiazole rings is 1. The van der Waals surface area contributed by atoms with Crippen LogP contribution in [0.15, 0.2) is 30.9 Å². The monoisotopic (exact) mass is 324 g/mol. The fourth-order valence-electron chi connectivity index (χ4n) is 3.60. The zero-order chi connectivity index (χ0) is 15.4. The lowest BCUT2D eigenvalue weighted by Gasteiger charge is -2.56. The molecule has 0 aliphatic carbocycles. The standard InChI is InChI=1S/C16H16N6S/c1-10-4-15(19-9-18-10)21-7-11-5-12(8-21)22(11)16-20-13-6-17-3-2-14(13)23-16/h2-4,6,9,11-12H,5,7-8H2,1H3. The van der Waals surface area contributed by atoms with Gasteiger partial charge in [-0.1, -0.05) is 11.3 Å². The molecule has 6 rings (SSSR count). The van der Waals surface area contributed by atoms with Crippen molar-refractivity contribution in [2.45, 2.75) is 25.4 Å². The van der Waals surface area contributed by atoms with Crippen molar-refractivity contribution in [3.8, 4) is 0 Å². The minimum absolute atomic E-state index is 0.526. The molecule has 0 saturated carbocycles. The predicted octanol–water partition coefficient (Wildman–Crippen LogP) is 2.26. The van der Waals surface area contributed by atoms with Crippen molar-refractivity contribution in [3.63, 3.8) is 0 Å². The molecule has 6 nitrogen and oxygen atoms in total. The molecule has 0 aromatic carbocycles. The summed E-state index contributed by atoms with van der Waals surface area (Å²) >= 11 is 1.77. The van der Waals surface area contributed by atoms with E-state index in [1.54, 1.807) is 17.7 Å². The summed E-state index contributed by atoms with van der Waals surface area (Å²) in [6, 6.07) is 5.16. The zero-order valence-corrected chi connectivity index (χ0v) is 13.6. The van der Waals surface area contributed by atoms with Crippen LogP contribution in [-0.4, -0.2) is 45.1 Å². The number of fused-ring (bicyclic) bond motifs is 3. The second-order valence-corrected chi connectivity index (χ2v) is 7.22. The molecule has 3 aromatic heterocycles. The Morgan fingerprint density at radius 1 is 1.22 bits per heavy atom. The summed E-state index contributed by atoms with van der Waals surface area (Å²) < 4.78 is 1.21. The number of anilines is 2. The number of hydrogen-bond acceptors (Lipinski definition) is 7. The van der Waals surface area contributed by atoms with E-state index in [4.69, 9.17) is 4.98 Å². The van der Waals surface area contributed by atoms with Gasteiger partial charge in [0.25, 0.3) is 0 Å². The predicted molar refractivity (Wildman–Crippen MR) is 91.1 cm³/mol. The molecule has 2 bridgehead atoms. The number of piperazine rings is 1. The topological polar surface area (TPSA) is 58.0 Å². The third-order valence-electron chi connectivity index (χ3n) is 4.71. The van der Waals surface area contributed by atoms with Crippen LogP contribution in [0.2, 0.25) is 0 Å². The van der Waals surface area contributed by atoms with Gasteiger partial charge in [-0.3, -0.25) is 4.98 Å². The Balaban J connectivity index is 1.40. The van der Waals surface area contributed by atoms with Gasteiger partial charge < -0.3 is 9.80 Å². The van der Waals surface area contributed by atoms with Crippen molar-refractivity contribution in [3.05, 3.63) is 36.5 Å². The van der Waals surface area contributed by atoms with Gasteiger partial charge in [0.15, 0.2) is 5.13 Å². The van der Waals surface area contributed by atoms with Crippen LogP contribution in [0.3, 0.4) is 0 Å². The number of aryl methyl sites for hydroxylation is 1. The van der Waals surface area contributed by atoms with Gasteiger partial charge in [-0.25, -0.2) is 15.0 Å². The number of pyridine rings is 1. The average Bonchev–Trinajstić information content (AvgIpc) is 2.97. The summed E-state index contributed by atoms with van der Waals surface area (Å²) in [4.78, 5) is 22.4. The smallest absolute Gasteiger partial charge is 0.187 e. The van der Waals surface area contributed by atoms with Gasteiger partial charge in [-0.05, 0) is 19.4 Å². The molecule has 3 aliphatic rings. The Bertz CT molecular complexity index is 833. The van der Waals surface area contributed by atoms with Crippen LogP contribution >= 0.6 is 11.3 Å². The summed E-state index contributed by atoms with van der Waals surface area (Å²) in [7, 11) is 0. The number of nitrogens with zero attached hydrogens (tertiary/aromatic N) is 6. The van der Waals surface area contributed by atoms with Gasteiger partial charge in [0.05, 0.1) is 23.0 Å². The van der Waals surface area contributed by atoms with Gasteiger partial charge in [0, 0.05) is 31.0 Å². The van der Waals surface area contributed by atoms with E-state index in [0.717, 1.165) is 35.2 Å². The molecular formula is C16H16N6S. The van der Waals surface area contributed by atoms with E-state index < -0.39 is 0 Å². The Morgan fingerprint density at radius 2 is 2.09 bits per heavy atom. The Morgan fingerprint density at radius 3 is 2.87 bits per heavy atom. The maximum atomic E-state index is 4.77. The van der Waals surface area contributed by atoms with Crippen LogP contribution < -0.4 is 9.80 Å². The van der Waals surface area contributed by atoms with E-state index in [1.807, 2.05) is 25.4 Å². The summed E-state index contributed by atoms with van der Waals surface area (Å²) in [5, 5.41) is 1.13. The normalized spacial score (nSPS) is 23.2. The highest BCUT2D eigenvalue weighted by molar-refractivity contribution is 7.22. The molecule has 0 spiro atoms. The lowest BCUT2D eigenvalue weighted by atomic mass is 9.88. The van der Waals surface area contributed by atoms with Crippen LogP contribution in [0.5, 0.6) is 0 Å². The van der Waals surface area contributed by atoms with Crippen LogP contribution in [0.1, 0.15) is 12.1 Å².